The fraction of sp³-hybridized carbons (Fsp3) is 0.200. The van der Waals surface area contributed by atoms with Crippen molar-refractivity contribution in [2.45, 2.75) is 19.8 Å². The maximum atomic E-state index is 5.67. The summed E-state index contributed by atoms with van der Waals surface area (Å²) in [5, 5.41) is 0. The SMILES string of the molecule is [B]c1ccc(-c2ccc(CCC)cc2)cc1. The minimum Gasteiger partial charge on any atom is -0.0966 e. The quantitative estimate of drug-likeness (QED) is 0.677. The fourth-order valence-corrected chi connectivity index (χ4v) is 1.83. The third kappa shape index (κ3) is 2.54. The third-order valence-electron chi connectivity index (χ3n) is 2.74. The van der Waals surface area contributed by atoms with E-state index >= 15 is 0 Å². The molecule has 0 aromatic heterocycles. The van der Waals surface area contributed by atoms with Gasteiger partial charge in [0.15, 0.2) is 0 Å². The molecule has 0 bridgehead atoms. The van der Waals surface area contributed by atoms with E-state index in [4.69, 9.17) is 7.85 Å². The molecule has 16 heavy (non-hydrogen) atoms. The Morgan fingerprint density at radius 2 is 1.31 bits per heavy atom. The molecule has 0 nitrogen and oxygen atoms in total. The van der Waals surface area contributed by atoms with Crippen molar-refractivity contribution in [3.8, 4) is 11.1 Å². The highest BCUT2D eigenvalue weighted by Crippen LogP contribution is 2.19. The lowest BCUT2D eigenvalue weighted by molar-refractivity contribution is 0.922. The Kier molecular flexibility index (Phi) is 3.45. The molecule has 0 fully saturated rings. The normalized spacial score (nSPS) is 10.3. The van der Waals surface area contributed by atoms with Gasteiger partial charge in [-0.05, 0) is 23.1 Å². The van der Waals surface area contributed by atoms with Crippen molar-refractivity contribution in [1.29, 1.82) is 0 Å². The molecule has 1 heteroatoms. The molecule has 0 N–H and O–H groups in total. The van der Waals surface area contributed by atoms with Gasteiger partial charge in [0.2, 0.25) is 0 Å². The molecule has 0 amide bonds. The van der Waals surface area contributed by atoms with Crippen LogP contribution in [0.2, 0.25) is 0 Å². The number of hydrogen-bond acceptors (Lipinski definition) is 0. The molecule has 2 radical (unpaired) electrons. The lowest BCUT2D eigenvalue weighted by atomic mass is 9.93. The van der Waals surface area contributed by atoms with Gasteiger partial charge in [-0.3, -0.25) is 0 Å². The van der Waals surface area contributed by atoms with Crippen LogP contribution in [-0.2, 0) is 6.42 Å². The van der Waals surface area contributed by atoms with E-state index in [9.17, 15) is 0 Å². The van der Waals surface area contributed by atoms with E-state index in [1.165, 1.54) is 23.1 Å². The first kappa shape index (κ1) is 11.0. The van der Waals surface area contributed by atoms with Crippen molar-refractivity contribution in [3.05, 3.63) is 54.1 Å². The molecule has 2 aromatic carbocycles. The summed E-state index contributed by atoms with van der Waals surface area (Å²) >= 11 is 0. The summed E-state index contributed by atoms with van der Waals surface area (Å²) in [6.45, 7) is 2.20. The zero-order valence-corrected chi connectivity index (χ0v) is 9.61. The molecule has 0 atom stereocenters. The molecular weight excluding hydrogens is 191 g/mol. The van der Waals surface area contributed by atoms with Crippen LogP contribution in [0.1, 0.15) is 18.9 Å². The van der Waals surface area contributed by atoms with Crippen LogP contribution >= 0.6 is 0 Å². The molecule has 0 aliphatic heterocycles. The van der Waals surface area contributed by atoms with E-state index in [-0.39, 0.29) is 0 Å². The molecule has 2 rings (SSSR count). The first-order chi connectivity index (χ1) is 7.79. The molecule has 0 saturated heterocycles. The summed E-state index contributed by atoms with van der Waals surface area (Å²) in [5.41, 5.74) is 4.69. The summed E-state index contributed by atoms with van der Waals surface area (Å²) in [4.78, 5) is 0. The van der Waals surface area contributed by atoms with E-state index in [2.05, 4.69) is 43.3 Å². The topological polar surface area (TPSA) is 0 Å². The van der Waals surface area contributed by atoms with Gasteiger partial charge in [0.25, 0.3) is 0 Å². The minimum absolute atomic E-state index is 0.811. The maximum Gasteiger partial charge on any atom is 0.113 e. The van der Waals surface area contributed by atoms with E-state index < -0.39 is 0 Å². The molecule has 78 valence electrons. The number of rotatable bonds is 3. The summed E-state index contributed by atoms with van der Waals surface area (Å²) in [7, 11) is 5.67. The van der Waals surface area contributed by atoms with Crippen molar-refractivity contribution in [2.24, 2.45) is 0 Å². The van der Waals surface area contributed by atoms with Crippen molar-refractivity contribution < 1.29 is 0 Å². The monoisotopic (exact) mass is 206 g/mol. The van der Waals surface area contributed by atoms with Crippen LogP contribution in [0.3, 0.4) is 0 Å². The lowest BCUT2D eigenvalue weighted by Crippen LogP contribution is -1.99. The molecule has 0 aliphatic carbocycles. The number of hydrogen-bond donors (Lipinski definition) is 0. The van der Waals surface area contributed by atoms with Crippen LogP contribution in [0, 0.1) is 0 Å². The summed E-state index contributed by atoms with van der Waals surface area (Å²) < 4.78 is 0. The van der Waals surface area contributed by atoms with Crippen molar-refractivity contribution in [2.75, 3.05) is 0 Å². The second-order valence-corrected chi connectivity index (χ2v) is 4.07. The Labute approximate surface area is 98.7 Å². The van der Waals surface area contributed by atoms with Gasteiger partial charge >= 0.3 is 0 Å². The fourth-order valence-electron chi connectivity index (χ4n) is 1.83. The third-order valence-corrected chi connectivity index (χ3v) is 2.74. The summed E-state index contributed by atoms with van der Waals surface area (Å²) in [6.07, 6.45) is 2.35. The largest absolute Gasteiger partial charge is 0.113 e. The predicted molar refractivity (Wildman–Crippen MR) is 71.3 cm³/mol. The first-order valence-corrected chi connectivity index (χ1v) is 5.74. The second kappa shape index (κ2) is 5.02. The molecule has 0 heterocycles. The Balaban J connectivity index is 2.24. The maximum absolute atomic E-state index is 5.67. The van der Waals surface area contributed by atoms with Gasteiger partial charge in [0.1, 0.15) is 7.85 Å². The van der Waals surface area contributed by atoms with E-state index in [0.717, 1.165) is 11.9 Å². The Morgan fingerprint density at radius 3 is 1.81 bits per heavy atom. The predicted octanol–water partition coefficient (Wildman–Crippen LogP) is 3.10. The van der Waals surface area contributed by atoms with Crippen LogP contribution in [0.25, 0.3) is 11.1 Å². The number of benzene rings is 2. The lowest BCUT2D eigenvalue weighted by Gasteiger charge is -2.04. The van der Waals surface area contributed by atoms with E-state index in [0.29, 0.717) is 0 Å². The van der Waals surface area contributed by atoms with Crippen LogP contribution in [-0.4, -0.2) is 7.85 Å². The molecule has 2 aromatic rings. The average Bonchev–Trinajstić information content (AvgIpc) is 2.32. The zero-order valence-electron chi connectivity index (χ0n) is 9.61. The van der Waals surface area contributed by atoms with Gasteiger partial charge in [-0.1, -0.05) is 67.3 Å². The van der Waals surface area contributed by atoms with Gasteiger partial charge in [0, 0.05) is 0 Å². The Hall–Kier alpha value is -1.50. The van der Waals surface area contributed by atoms with Gasteiger partial charge in [-0.15, -0.1) is 0 Å². The molecule has 0 saturated carbocycles. The average molecular weight is 206 g/mol. The Morgan fingerprint density at radius 1 is 0.812 bits per heavy atom. The first-order valence-electron chi connectivity index (χ1n) is 5.74. The molecule has 0 aliphatic rings. The van der Waals surface area contributed by atoms with Crippen molar-refractivity contribution >= 4 is 13.3 Å². The summed E-state index contributed by atoms with van der Waals surface area (Å²) in [5.74, 6) is 0. The van der Waals surface area contributed by atoms with Gasteiger partial charge in [0.05, 0.1) is 0 Å². The van der Waals surface area contributed by atoms with Crippen molar-refractivity contribution in [1.82, 2.24) is 0 Å². The standard InChI is InChI=1S/C15H15B/c1-2-3-12-4-6-13(7-5-12)14-8-10-15(16)11-9-14/h4-11H,2-3H2,1H3. The number of aryl methyl sites for hydroxylation is 1. The minimum atomic E-state index is 0.811. The highest BCUT2D eigenvalue weighted by atomic mass is 14.0. The van der Waals surface area contributed by atoms with E-state index in [1.807, 2.05) is 12.1 Å². The molecular formula is C15H15B. The van der Waals surface area contributed by atoms with E-state index in [1.54, 1.807) is 0 Å². The highest BCUT2D eigenvalue weighted by molar-refractivity contribution is 6.32. The van der Waals surface area contributed by atoms with Gasteiger partial charge in [-0.2, -0.15) is 0 Å². The van der Waals surface area contributed by atoms with Crippen LogP contribution in [0.5, 0.6) is 0 Å². The molecule has 0 unspecified atom stereocenters. The summed E-state index contributed by atoms with van der Waals surface area (Å²) in [6, 6.07) is 16.8. The van der Waals surface area contributed by atoms with Gasteiger partial charge in [-0.25, -0.2) is 0 Å². The van der Waals surface area contributed by atoms with Gasteiger partial charge < -0.3 is 0 Å². The highest BCUT2D eigenvalue weighted by Gasteiger charge is 1.97. The molecule has 0 spiro atoms. The van der Waals surface area contributed by atoms with Crippen LogP contribution in [0.15, 0.2) is 48.5 Å². The van der Waals surface area contributed by atoms with Crippen LogP contribution in [0.4, 0.5) is 0 Å². The Bertz CT molecular complexity index is 440. The van der Waals surface area contributed by atoms with Crippen LogP contribution < -0.4 is 5.46 Å². The zero-order chi connectivity index (χ0) is 11.4. The smallest absolute Gasteiger partial charge is 0.0966 e. The second-order valence-electron chi connectivity index (χ2n) is 4.07. The van der Waals surface area contributed by atoms with Crippen molar-refractivity contribution in [3.63, 3.8) is 0 Å².